The lowest BCUT2D eigenvalue weighted by atomic mass is 10.1. The summed E-state index contributed by atoms with van der Waals surface area (Å²) in [4.78, 5) is 12.3. The van der Waals surface area contributed by atoms with Crippen LogP contribution in [-0.4, -0.2) is 56.0 Å². The summed E-state index contributed by atoms with van der Waals surface area (Å²) in [5.41, 5.74) is 1.08. The van der Waals surface area contributed by atoms with Gasteiger partial charge in [0.25, 0.3) is 5.91 Å². The van der Waals surface area contributed by atoms with Gasteiger partial charge in [0.1, 0.15) is 0 Å². The first-order chi connectivity index (χ1) is 8.80. The van der Waals surface area contributed by atoms with E-state index in [1.807, 2.05) is 13.8 Å². The second-order valence-electron chi connectivity index (χ2n) is 5.10. The molecule has 1 saturated heterocycles. The summed E-state index contributed by atoms with van der Waals surface area (Å²) in [5.74, 6) is 0.122. The van der Waals surface area contributed by atoms with Crippen molar-refractivity contribution in [1.29, 1.82) is 0 Å². The van der Waals surface area contributed by atoms with E-state index in [-0.39, 0.29) is 23.5 Å². The van der Waals surface area contributed by atoms with Gasteiger partial charge in [-0.2, -0.15) is 0 Å². The summed E-state index contributed by atoms with van der Waals surface area (Å²) in [5, 5.41) is 3.25. The van der Waals surface area contributed by atoms with Crippen molar-refractivity contribution >= 4 is 15.7 Å². The van der Waals surface area contributed by atoms with Crippen molar-refractivity contribution in [2.45, 2.75) is 39.2 Å². The molecule has 110 valence electrons. The Morgan fingerprint density at radius 1 is 1.26 bits per heavy atom. The second-order valence-corrected chi connectivity index (χ2v) is 7.33. The summed E-state index contributed by atoms with van der Waals surface area (Å²) in [6.45, 7) is 4.03. The largest absolute Gasteiger partial charge is 0.268 e. The molecule has 1 amide bonds. The summed E-state index contributed by atoms with van der Waals surface area (Å²) >= 11 is 0. The Labute approximate surface area is 116 Å². The Kier molecular flexibility index (Phi) is 5.55. The van der Waals surface area contributed by atoms with Crippen molar-refractivity contribution in [3.05, 3.63) is 11.6 Å². The maximum Gasteiger partial charge on any atom is 0.261 e. The van der Waals surface area contributed by atoms with Gasteiger partial charge in [-0.15, -0.1) is 0 Å². The van der Waals surface area contributed by atoms with E-state index in [1.165, 1.54) is 0 Å². The second kappa shape index (κ2) is 6.52. The quantitative estimate of drug-likeness (QED) is 0.564. The average molecular weight is 288 g/mol. The molecule has 0 N–H and O–H groups in total. The maximum absolute atomic E-state index is 12.3. The molecular formula is C13H24N2O3S. The third-order valence-electron chi connectivity index (χ3n) is 3.45. The van der Waals surface area contributed by atoms with E-state index in [0.29, 0.717) is 6.42 Å². The van der Waals surface area contributed by atoms with E-state index >= 15 is 0 Å². The molecule has 0 aromatic rings. The highest BCUT2D eigenvalue weighted by Crippen LogP contribution is 2.19. The van der Waals surface area contributed by atoms with Crippen LogP contribution in [0.4, 0.5) is 0 Å². The average Bonchev–Trinajstić information content (AvgIpc) is 2.66. The van der Waals surface area contributed by atoms with Crippen molar-refractivity contribution in [2.24, 2.45) is 0 Å². The van der Waals surface area contributed by atoms with Crippen LogP contribution in [0.1, 0.15) is 33.1 Å². The van der Waals surface area contributed by atoms with E-state index in [0.717, 1.165) is 18.4 Å². The van der Waals surface area contributed by atoms with E-state index < -0.39 is 9.84 Å². The molecule has 0 saturated carbocycles. The summed E-state index contributed by atoms with van der Waals surface area (Å²) in [6.07, 6.45) is 3.84. The van der Waals surface area contributed by atoms with Crippen LogP contribution in [0, 0.1) is 0 Å². The number of amides is 1. The van der Waals surface area contributed by atoms with Crippen molar-refractivity contribution < 1.29 is 13.2 Å². The molecule has 5 nitrogen and oxygen atoms in total. The first-order valence-electron chi connectivity index (χ1n) is 6.71. The number of sulfone groups is 1. The Morgan fingerprint density at radius 3 is 2.21 bits per heavy atom. The summed E-state index contributed by atoms with van der Waals surface area (Å²) in [6, 6.07) is -0.237. The molecule has 0 radical (unpaired) electrons. The predicted octanol–water partition coefficient (Wildman–Crippen LogP) is 1.23. The van der Waals surface area contributed by atoms with Crippen LogP contribution in [0.15, 0.2) is 11.6 Å². The van der Waals surface area contributed by atoms with Gasteiger partial charge in [-0.3, -0.25) is 9.80 Å². The third kappa shape index (κ3) is 4.31. The third-order valence-corrected chi connectivity index (χ3v) is 5.20. The highest BCUT2D eigenvalue weighted by Gasteiger charge is 2.35. The number of rotatable bonds is 5. The van der Waals surface area contributed by atoms with Gasteiger partial charge in [0.15, 0.2) is 9.84 Å². The monoisotopic (exact) mass is 288 g/mol. The predicted molar refractivity (Wildman–Crippen MR) is 76.3 cm³/mol. The minimum atomic E-state index is -2.99. The molecule has 1 rings (SSSR count). The number of hydrogen-bond acceptors (Lipinski definition) is 4. The minimum absolute atomic E-state index is 0.0678. The number of carbonyl (C=O) groups excluding carboxylic acids is 1. The fourth-order valence-electron chi connectivity index (χ4n) is 2.37. The first-order valence-corrected chi connectivity index (χ1v) is 8.53. The number of allylic oxidation sites excluding steroid dienone is 1. The van der Waals surface area contributed by atoms with Crippen LogP contribution in [0.2, 0.25) is 0 Å². The standard InChI is InChI=1S/C13H24N2O3S/c1-5-11(6-2)9-13(16)15(14(3)4)12-7-8-19(17,18)10-12/h9,12H,5-8,10H2,1-4H3/t12-/m1/s1. The van der Waals surface area contributed by atoms with Gasteiger partial charge in [-0.05, 0) is 19.3 Å². The molecule has 0 aromatic carbocycles. The van der Waals surface area contributed by atoms with Crippen LogP contribution >= 0.6 is 0 Å². The first kappa shape index (κ1) is 16.2. The van der Waals surface area contributed by atoms with Gasteiger partial charge in [-0.25, -0.2) is 13.4 Å². The molecule has 1 aliphatic heterocycles. The lowest BCUT2D eigenvalue weighted by molar-refractivity contribution is -0.143. The molecule has 1 atom stereocenters. The molecule has 0 bridgehead atoms. The molecule has 6 heteroatoms. The molecule has 1 aliphatic rings. The fraction of sp³-hybridized carbons (Fsp3) is 0.769. The van der Waals surface area contributed by atoms with Crippen LogP contribution < -0.4 is 0 Å². The van der Waals surface area contributed by atoms with Gasteiger partial charge in [0, 0.05) is 20.2 Å². The molecule has 0 aliphatic carbocycles. The highest BCUT2D eigenvalue weighted by atomic mass is 32.2. The van der Waals surface area contributed by atoms with Crippen molar-refractivity contribution in [3.8, 4) is 0 Å². The molecule has 19 heavy (non-hydrogen) atoms. The summed E-state index contributed by atoms with van der Waals surface area (Å²) < 4.78 is 23.1. The normalized spacial score (nSPS) is 21.4. The zero-order valence-electron chi connectivity index (χ0n) is 12.2. The highest BCUT2D eigenvalue weighted by molar-refractivity contribution is 7.91. The van der Waals surface area contributed by atoms with Gasteiger partial charge in [0.2, 0.25) is 0 Å². The molecule has 0 spiro atoms. The van der Waals surface area contributed by atoms with Crippen LogP contribution in [-0.2, 0) is 14.6 Å². The van der Waals surface area contributed by atoms with Crippen LogP contribution in [0.3, 0.4) is 0 Å². The van der Waals surface area contributed by atoms with Gasteiger partial charge >= 0.3 is 0 Å². The Bertz CT molecular complexity index is 449. The molecule has 1 fully saturated rings. The van der Waals surface area contributed by atoms with Crippen molar-refractivity contribution in [1.82, 2.24) is 10.0 Å². The summed E-state index contributed by atoms with van der Waals surface area (Å²) in [7, 11) is 0.556. The van der Waals surface area contributed by atoms with Gasteiger partial charge < -0.3 is 0 Å². The zero-order chi connectivity index (χ0) is 14.6. The van der Waals surface area contributed by atoms with E-state index in [4.69, 9.17) is 0 Å². The molecule has 1 heterocycles. The number of carbonyl (C=O) groups is 1. The van der Waals surface area contributed by atoms with Gasteiger partial charge in [-0.1, -0.05) is 19.4 Å². The number of hydrazine groups is 1. The van der Waals surface area contributed by atoms with E-state index in [1.54, 1.807) is 30.2 Å². The Hall–Kier alpha value is -0.880. The van der Waals surface area contributed by atoms with Crippen LogP contribution in [0.5, 0.6) is 0 Å². The Morgan fingerprint density at radius 2 is 1.84 bits per heavy atom. The maximum atomic E-state index is 12.3. The fourth-order valence-corrected chi connectivity index (χ4v) is 4.06. The van der Waals surface area contributed by atoms with Crippen LogP contribution in [0.25, 0.3) is 0 Å². The lowest BCUT2D eigenvalue weighted by Crippen LogP contribution is -2.48. The minimum Gasteiger partial charge on any atom is -0.268 e. The van der Waals surface area contributed by atoms with Crippen molar-refractivity contribution in [2.75, 3.05) is 25.6 Å². The van der Waals surface area contributed by atoms with E-state index in [9.17, 15) is 13.2 Å². The lowest BCUT2D eigenvalue weighted by Gasteiger charge is -2.33. The van der Waals surface area contributed by atoms with Crippen molar-refractivity contribution in [3.63, 3.8) is 0 Å². The van der Waals surface area contributed by atoms with Gasteiger partial charge in [0.05, 0.1) is 17.5 Å². The number of nitrogens with zero attached hydrogens (tertiary/aromatic N) is 2. The number of hydrogen-bond donors (Lipinski definition) is 0. The molecule has 0 aromatic heterocycles. The van der Waals surface area contributed by atoms with E-state index in [2.05, 4.69) is 0 Å². The molecular weight excluding hydrogens is 264 g/mol. The zero-order valence-corrected chi connectivity index (χ0v) is 13.0. The SMILES string of the molecule is CCC(=CC(=O)N([C@@H]1CCS(=O)(=O)C1)N(C)C)CC. The topological polar surface area (TPSA) is 57.7 Å². The molecule has 0 unspecified atom stereocenters. The smallest absolute Gasteiger partial charge is 0.261 e. The Balaban J connectivity index is 2.90.